The van der Waals surface area contributed by atoms with Crippen molar-refractivity contribution < 1.29 is 4.79 Å². The van der Waals surface area contributed by atoms with Gasteiger partial charge in [-0.1, -0.05) is 11.6 Å². The second kappa shape index (κ2) is 5.58. The number of halogens is 1. The van der Waals surface area contributed by atoms with Crippen LogP contribution in [0.4, 0.5) is 5.69 Å². The zero-order valence-electron chi connectivity index (χ0n) is 11.4. The van der Waals surface area contributed by atoms with Gasteiger partial charge in [0.1, 0.15) is 0 Å². The van der Waals surface area contributed by atoms with E-state index in [0.717, 1.165) is 23.4 Å². The van der Waals surface area contributed by atoms with Gasteiger partial charge in [-0.15, -0.1) is 11.8 Å². The third-order valence-corrected chi connectivity index (χ3v) is 5.92. The summed E-state index contributed by atoms with van der Waals surface area (Å²) >= 11 is 7.76. The number of rotatable bonds is 3. The van der Waals surface area contributed by atoms with Gasteiger partial charge >= 0.3 is 0 Å². The van der Waals surface area contributed by atoms with Crippen molar-refractivity contribution in [3.63, 3.8) is 0 Å². The molecule has 20 heavy (non-hydrogen) atoms. The number of carbonyl (C=O) groups is 1. The average Bonchev–Trinajstić information content (AvgIpc) is 2.99. The second-order valence-electron chi connectivity index (χ2n) is 5.77. The van der Waals surface area contributed by atoms with Crippen molar-refractivity contribution in [2.75, 3.05) is 11.6 Å². The van der Waals surface area contributed by atoms with Gasteiger partial charge in [-0.2, -0.15) is 0 Å². The SMILES string of the molecule is CSc1ccc(NC(=O)C2C3CCC(C3)C2N)cc1Cl. The Kier molecular flexibility index (Phi) is 3.98. The van der Waals surface area contributed by atoms with Gasteiger partial charge in [-0.05, 0) is 55.6 Å². The number of hydrogen-bond donors (Lipinski definition) is 2. The highest BCUT2D eigenvalue weighted by Crippen LogP contribution is 2.48. The zero-order valence-corrected chi connectivity index (χ0v) is 13.0. The quantitative estimate of drug-likeness (QED) is 0.842. The molecule has 3 nitrogen and oxygen atoms in total. The smallest absolute Gasteiger partial charge is 0.229 e. The molecular weight excluding hydrogens is 292 g/mol. The molecule has 2 bridgehead atoms. The van der Waals surface area contributed by atoms with Crippen molar-refractivity contribution in [3.8, 4) is 0 Å². The molecule has 0 heterocycles. The Morgan fingerprint density at radius 1 is 1.40 bits per heavy atom. The van der Waals surface area contributed by atoms with Crippen LogP contribution in [0.1, 0.15) is 19.3 Å². The van der Waals surface area contributed by atoms with Crippen LogP contribution in [-0.2, 0) is 4.79 Å². The molecule has 1 amide bonds. The van der Waals surface area contributed by atoms with Gasteiger partial charge in [0.25, 0.3) is 0 Å². The molecule has 2 fully saturated rings. The van der Waals surface area contributed by atoms with E-state index in [9.17, 15) is 4.79 Å². The molecule has 0 aliphatic heterocycles. The molecule has 5 heteroatoms. The lowest BCUT2D eigenvalue weighted by Crippen LogP contribution is -2.42. The van der Waals surface area contributed by atoms with Gasteiger partial charge < -0.3 is 11.1 Å². The van der Waals surface area contributed by atoms with Crippen LogP contribution in [0.15, 0.2) is 23.1 Å². The summed E-state index contributed by atoms with van der Waals surface area (Å²) in [5.41, 5.74) is 6.96. The molecule has 0 aromatic heterocycles. The van der Waals surface area contributed by atoms with Crippen molar-refractivity contribution in [2.45, 2.75) is 30.2 Å². The van der Waals surface area contributed by atoms with Gasteiger partial charge in [-0.3, -0.25) is 4.79 Å². The van der Waals surface area contributed by atoms with E-state index >= 15 is 0 Å². The number of thioether (sulfide) groups is 1. The first kappa shape index (κ1) is 14.2. The first-order chi connectivity index (χ1) is 9.60. The molecule has 4 unspecified atom stereocenters. The Balaban J connectivity index is 1.72. The van der Waals surface area contributed by atoms with E-state index in [1.807, 2.05) is 24.5 Å². The third kappa shape index (κ3) is 2.45. The number of amides is 1. The van der Waals surface area contributed by atoms with Crippen LogP contribution < -0.4 is 11.1 Å². The molecule has 2 aliphatic carbocycles. The summed E-state index contributed by atoms with van der Waals surface area (Å²) in [5.74, 6) is 1.03. The monoisotopic (exact) mass is 310 g/mol. The minimum Gasteiger partial charge on any atom is -0.327 e. The lowest BCUT2D eigenvalue weighted by Gasteiger charge is -2.27. The lowest BCUT2D eigenvalue weighted by molar-refractivity contribution is -0.121. The predicted molar refractivity (Wildman–Crippen MR) is 84.2 cm³/mol. The van der Waals surface area contributed by atoms with Crippen LogP contribution >= 0.6 is 23.4 Å². The largest absolute Gasteiger partial charge is 0.327 e. The molecular formula is C15H19ClN2OS. The van der Waals surface area contributed by atoms with E-state index in [0.29, 0.717) is 16.9 Å². The molecule has 1 aromatic rings. The highest BCUT2D eigenvalue weighted by molar-refractivity contribution is 7.98. The van der Waals surface area contributed by atoms with E-state index in [1.54, 1.807) is 11.8 Å². The van der Waals surface area contributed by atoms with Gasteiger partial charge in [0.15, 0.2) is 0 Å². The van der Waals surface area contributed by atoms with Gasteiger partial charge in [0.2, 0.25) is 5.91 Å². The Bertz CT molecular complexity index is 535. The standard InChI is InChI=1S/C15H19ClN2OS/c1-20-12-5-4-10(7-11(12)16)18-15(19)13-8-2-3-9(6-8)14(13)17/h4-5,7-9,13-14H,2-3,6,17H2,1H3,(H,18,19). The molecule has 2 saturated carbocycles. The van der Waals surface area contributed by atoms with E-state index < -0.39 is 0 Å². The highest BCUT2D eigenvalue weighted by Gasteiger charge is 2.49. The number of anilines is 1. The van der Waals surface area contributed by atoms with Gasteiger partial charge in [0, 0.05) is 16.6 Å². The minimum absolute atomic E-state index is 0.0229. The Hall–Kier alpha value is -0.710. The molecule has 0 spiro atoms. The maximum absolute atomic E-state index is 12.4. The van der Waals surface area contributed by atoms with Crippen molar-refractivity contribution in [3.05, 3.63) is 23.2 Å². The van der Waals surface area contributed by atoms with Crippen LogP contribution in [0.2, 0.25) is 5.02 Å². The summed E-state index contributed by atoms with van der Waals surface area (Å²) in [6.45, 7) is 0. The third-order valence-electron chi connectivity index (χ3n) is 4.70. The molecule has 4 atom stereocenters. The van der Waals surface area contributed by atoms with Crippen LogP contribution in [0.25, 0.3) is 0 Å². The van der Waals surface area contributed by atoms with E-state index in [-0.39, 0.29) is 17.9 Å². The number of nitrogens with one attached hydrogen (secondary N) is 1. The first-order valence-corrected chi connectivity index (χ1v) is 8.60. The summed E-state index contributed by atoms with van der Waals surface area (Å²) in [4.78, 5) is 13.5. The van der Waals surface area contributed by atoms with Crippen LogP contribution in [0, 0.1) is 17.8 Å². The maximum Gasteiger partial charge on any atom is 0.229 e. The number of nitrogens with two attached hydrogens (primary N) is 1. The summed E-state index contributed by atoms with van der Waals surface area (Å²) in [6.07, 6.45) is 5.42. The molecule has 3 rings (SSSR count). The lowest BCUT2D eigenvalue weighted by atomic mass is 9.84. The molecule has 0 saturated heterocycles. The molecule has 3 N–H and O–H groups in total. The number of carbonyl (C=O) groups excluding carboxylic acids is 1. The predicted octanol–water partition coefficient (Wildman–Crippen LogP) is 3.37. The van der Waals surface area contributed by atoms with Gasteiger partial charge in [-0.25, -0.2) is 0 Å². The fourth-order valence-electron chi connectivity index (χ4n) is 3.69. The number of hydrogen-bond acceptors (Lipinski definition) is 3. The van der Waals surface area contributed by atoms with Gasteiger partial charge in [0.05, 0.1) is 10.9 Å². The van der Waals surface area contributed by atoms with E-state index in [2.05, 4.69) is 5.32 Å². The summed E-state index contributed by atoms with van der Waals surface area (Å²) in [6, 6.07) is 5.66. The van der Waals surface area contributed by atoms with Crippen LogP contribution in [0.5, 0.6) is 0 Å². The van der Waals surface area contributed by atoms with Crippen molar-refractivity contribution in [1.82, 2.24) is 0 Å². The van der Waals surface area contributed by atoms with E-state index in [1.165, 1.54) is 6.42 Å². The average molecular weight is 311 g/mol. The zero-order chi connectivity index (χ0) is 14.3. The normalized spacial score (nSPS) is 31.6. The molecule has 2 aliphatic rings. The van der Waals surface area contributed by atoms with Crippen LogP contribution in [0.3, 0.4) is 0 Å². The summed E-state index contributed by atoms with van der Waals surface area (Å²) in [7, 11) is 0. The maximum atomic E-state index is 12.4. The van der Waals surface area contributed by atoms with Crippen molar-refractivity contribution >= 4 is 35.0 Å². The minimum atomic E-state index is -0.0345. The Morgan fingerprint density at radius 3 is 2.75 bits per heavy atom. The Labute approximate surface area is 128 Å². The fraction of sp³-hybridized carbons (Fsp3) is 0.533. The topological polar surface area (TPSA) is 55.1 Å². The number of fused-ring (bicyclic) bond motifs is 2. The van der Waals surface area contributed by atoms with Crippen LogP contribution in [-0.4, -0.2) is 18.2 Å². The first-order valence-electron chi connectivity index (χ1n) is 7.00. The molecule has 0 radical (unpaired) electrons. The highest BCUT2D eigenvalue weighted by atomic mass is 35.5. The Morgan fingerprint density at radius 2 is 2.15 bits per heavy atom. The van der Waals surface area contributed by atoms with E-state index in [4.69, 9.17) is 17.3 Å². The fourth-order valence-corrected chi connectivity index (χ4v) is 4.56. The molecule has 1 aromatic carbocycles. The second-order valence-corrected chi connectivity index (χ2v) is 7.03. The number of benzene rings is 1. The summed E-state index contributed by atoms with van der Waals surface area (Å²) < 4.78 is 0. The molecule has 108 valence electrons. The summed E-state index contributed by atoms with van der Waals surface area (Å²) in [5, 5.41) is 3.65. The van der Waals surface area contributed by atoms with Crippen molar-refractivity contribution in [1.29, 1.82) is 0 Å². The van der Waals surface area contributed by atoms with Crippen molar-refractivity contribution in [2.24, 2.45) is 23.5 Å².